The molecule has 0 radical (unpaired) electrons. The molecular formula is C17H21N3O2. The number of nitrogens with zero attached hydrogens (tertiary/aromatic N) is 3. The molecule has 1 atom stereocenters. The minimum atomic E-state index is -0.0181. The van der Waals surface area contributed by atoms with Gasteiger partial charge in [0.25, 0.3) is 5.56 Å². The second kappa shape index (κ2) is 5.55. The predicted octanol–water partition coefficient (Wildman–Crippen LogP) is 1.88. The number of hydrogen-bond donors (Lipinski definition) is 0. The molecule has 22 heavy (non-hydrogen) atoms. The number of hydrogen-bond acceptors (Lipinski definition) is 3. The van der Waals surface area contributed by atoms with Crippen LogP contribution in [0, 0.1) is 19.8 Å². The number of likely N-dealkylation sites (tertiary alicyclic amines) is 1. The number of carbonyl (C=O) groups is 1. The second-order valence-corrected chi connectivity index (χ2v) is 6.11. The third-order valence-electron chi connectivity index (χ3n) is 4.65. The molecule has 0 N–H and O–H groups in total. The van der Waals surface area contributed by atoms with Gasteiger partial charge in [0.2, 0.25) is 5.91 Å². The number of benzene rings is 1. The summed E-state index contributed by atoms with van der Waals surface area (Å²) in [7, 11) is 0. The lowest BCUT2D eigenvalue weighted by Gasteiger charge is -2.15. The van der Waals surface area contributed by atoms with Crippen molar-refractivity contribution in [1.29, 1.82) is 0 Å². The Morgan fingerprint density at radius 2 is 2.05 bits per heavy atom. The van der Waals surface area contributed by atoms with Crippen LogP contribution in [0.5, 0.6) is 0 Å². The molecule has 3 rings (SSSR count). The molecule has 1 amide bonds. The highest BCUT2D eigenvalue weighted by Gasteiger charge is 2.28. The normalized spacial score (nSPS) is 18.4. The van der Waals surface area contributed by atoms with E-state index in [0.717, 1.165) is 29.7 Å². The molecule has 5 nitrogen and oxygen atoms in total. The van der Waals surface area contributed by atoms with Crippen molar-refractivity contribution in [2.24, 2.45) is 5.92 Å². The summed E-state index contributed by atoms with van der Waals surface area (Å²) in [5.74, 6) is 0.372. The zero-order valence-corrected chi connectivity index (χ0v) is 13.3. The lowest BCUT2D eigenvalue weighted by Crippen LogP contribution is -2.27. The molecule has 1 aliphatic rings. The van der Waals surface area contributed by atoms with Crippen molar-refractivity contribution in [3.8, 4) is 0 Å². The van der Waals surface area contributed by atoms with Crippen molar-refractivity contribution in [1.82, 2.24) is 14.5 Å². The van der Waals surface area contributed by atoms with Crippen molar-refractivity contribution in [2.75, 3.05) is 13.1 Å². The standard InChI is InChI=1S/C17H21N3O2/c1-4-19-8-13(7-15(19)21)9-20-10-18-16-12(3)11(2)5-6-14(16)17(20)22/h5-6,10,13H,4,7-9H2,1-3H3/t13-/m1/s1. The molecule has 1 aromatic heterocycles. The summed E-state index contributed by atoms with van der Waals surface area (Å²) in [6, 6.07) is 3.81. The monoisotopic (exact) mass is 299 g/mol. The van der Waals surface area contributed by atoms with E-state index in [-0.39, 0.29) is 17.4 Å². The van der Waals surface area contributed by atoms with Crippen molar-refractivity contribution < 1.29 is 4.79 Å². The third kappa shape index (κ3) is 2.40. The van der Waals surface area contributed by atoms with E-state index in [4.69, 9.17) is 0 Å². The van der Waals surface area contributed by atoms with Crippen LogP contribution in [0.25, 0.3) is 10.9 Å². The van der Waals surface area contributed by atoms with E-state index in [1.807, 2.05) is 37.8 Å². The van der Waals surface area contributed by atoms with Crippen LogP contribution in [0.3, 0.4) is 0 Å². The first-order valence-corrected chi connectivity index (χ1v) is 7.74. The Morgan fingerprint density at radius 1 is 1.27 bits per heavy atom. The Kier molecular flexibility index (Phi) is 3.72. The molecule has 0 saturated carbocycles. The van der Waals surface area contributed by atoms with Crippen LogP contribution in [-0.2, 0) is 11.3 Å². The van der Waals surface area contributed by atoms with Crippen LogP contribution in [0.15, 0.2) is 23.3 Å². The molecule has 1 aliphatic heterocycles. The number of rotatable bonds is 3. The van der Waals surface area contributed by atoms with Crippen molar-refractivity contribution in [3.05, 3.63) is 39.9 Å². The first-order chi connectivity index (χ1) is 10.5. The van der Waals surface area contributed by atoms with Gasteiger partial charge >= 0.3 is 0 Å². The van der Waals surface area contributed by atoms with Crippen LogP contribution in [0.1, 0.15) is 24.5 Å². The van der Waals surface area contributed by atoms with Crippen LogP contribution in [0.2, 0.25) is 0 Å². The molecule has 2 heterocycles. The van der Waals surface area contributed by atoms with E-state index in [2.05, 4.69) is 4.98 Å². The lowest BCUT2D eigenvalue weighted by molar-refractivity contribution is -0.127. The van der Waals surface area contributed by atoms with E-state index in [1.165, 1.54) is 0 Å². The van der Waals surface area contributed by atoms with Crippen LogP contribution >= 0.6 is 0 Å². The number of fused-ring (bicyclic) bond motifs is 1. The Bertz CT molecular complexity index is 794. The average molecular weight is 299 g/mol. The Balaban J connectivity index is 1.93. The largest absolute Gasteiger partial charge is 0.343 e. The maximum atomic E-state index is 12.6. The molecule has 1 aromatic carbocycles. The number of carbonyl (C=O) groups excluding carboxylic acids is 1. The van der Waals surface area contributed by atoms with Crippen molar-refractivity contribution in [3.63, 3.8) is 0 Å². The zero-order valence-electron chi connectivity index (χ0n) is 13.3. The second-order valence-electron chi connectivity index (χ2n) is 6.11. The molecule has 116 valence electrons. The molecule has 1 saturated heterocycles. The summed E-state index contributed by atoms with van der Waals surface area (Å²) in [6.45, 7) is 8.01. The topological polar surface area (TPSA) is 55.2 Å². The molecule has 0 spiro atoms. The fourth-order valence-corrected chi connectivity index (χ4v) is 3.16. The van der Waals surface area contributed by atoms with E-state index in [0.29, 0.717) is 18.4 Å². The molecule has 0 unspecified atom stereocenters. The zero-order chi connectivity index (χ0) is 15.9. The third-order valence-corrected chi connectivity index (χ3v) is 4.65. The van der Waals surface area contributed by atoms with Gasteiger partial charge in [-0.15, -0.1) is 0 Å². The van der Waals surface area contributed by atoms with Gasteiger partial charge in [0.1, 0.15) is 0 Å². The average Bonchev–Trinajstić information content (AvgIpc) is 2.85. The smallest absolute Gasteiger partial charge is 0.261 e. The Hall–Kier alpha value is -2.17. The van der Waals surface area contributed by atoms with Crippen molar-refractivity contribution >= 4 is 16.8 Å². The van der Waals surface area contributed by atoms with E-state index in [9.17, 15) is 9.59 Å². The van der Waals surface area contributed by atoms with Crippen LogP contribution < -0.4 is 5.56 Å². The number of amides is 1. The van der Waals surface area contributed by atoms with E-state index >= 15 is 0 Å². The molecule has 5 heteroatoms. The quantitative estimate of drug-likeness (QED) is 0.869. The maximum Gasteiger partial charge on any atom is 0.261 e. The van der Waals surface area contributed by atoms with Gasteiger partial charge in [-0.05, 0) is 38.0 Å². The van der Waals surface area contributed by atoms with Gasteiger partial charge < -0.3 is 4.90 Å². The van der Waals surface area contributed by atoms with Gasteiger partial charge in [-0.3, -0.25) is 14.2 Å². The Labute approximate surface area is 129 Å². The highest BCUT2D eigenvalue weighted by atomic mass is 16.2. The van der Waals surface area contributed by atoms with Gasteiger partial charge in [0, 0.05) is 32.0 Å². The van der Waals surface area contributed by atoms with Crippen LogP contribution in [-0.4, -0.2) is 33.4 Å². The van der Waals surface area contributed by atoms with Crippen molar-refractivity contribution in [2.45, 2.75) is 33.7 Å². The van der Waals surface area contributed by atoms with Gasteiger partial charge in [0.15, 0.2) is 0 Å². The Morgan fingerprint density at radius 3 is 2.73 bits per heavy atom. The first kappa shape index (κ1) is 14.8. The highest BCUT2D eigenvalue weighted by Crippen LogP contribution is 2.20. The minimum absolute atomic E-state index is 0.0181. The van der Waals surface area contributed by atoms with E-state index < -0.39 is 0 Å². The SMILES string of the molecule is CCN1C[C@H](Cn2cnc3c(C)c(C)ccc3c2=O)CC1=O. The minimum Gasteiger partial charge on any atom is -0.343 e. The lowest BCUT2D eigenvalue weighted by atomic mass is 10.1. The summed E-state index contributed by atoms with van der Waals surface area (Å²) in [6.07, 6.45) is 2.14. The maximum absolute atomic E-state index is 12.6. The molecule has 0 bridgehead atoms. The summed E-state index contributed by atoms with van der Waals surface area (Å²) >= 11 is 0. The summed E-state index contributed by atoms with van der Waals surface area (Å²) in [4.78, 5) is 30.8. The molecule has 1 fully saturated rings. The molecule has 2 aromatic rings. The highest BCUT2D eigenvalue weighted by molar-refractivity contribution is 5.81. The van der Waals surface area contributed by atoms with Gasteiger partial charge in [-0.1, -0.05) is 6.07 Å². The molecular weight excluding hydrogens is 278 g/mol. The number of aryl methyl sites for hydroxylation is 2. The van der Waals surface area contributed by atoms with Gasteiger partial charge in [-0.2, -0.15) is 0 Å². The summed E-state index contributed by atoms with van der Waals surface area (Å²) in [5, 5.41) is 0.655. The fourth-order valence-electron chi connectivity index (χ4n) is 3.16. The first-order valence-electron chi connectivity index (χ1n) is 7.74. The number of aromatic nitrogens is 2. The summed E-state index contributed by atoms with van der Waals surface area (Å²) < 4.78 is 1.65. The van der Waals surface area contributed by atoms with Gasteiger partial charge in [-0.25, -0.2) is 4.98 Å². The molecule has 0 aliphatic carbocycles. The predicted molar refractivity (Wildman–Crippen MR) is 85.8 cm³/mol. The van der Waals surface area contributed by atoms with Crippen LogP contribution in [0.4, 0.5) is 0 Å². The fraction of sp³-hybridized carbons (Fsp3) is 0.471. The van der Waals surface area contributed by atoms with E-state index in [1.54, 1.807) is 10.9 Å². The summed E-state index contributed by atoms with van der Waals surface area (Å²) in [5.41, 5.74) is 2.95. The van der Waals surface area contributed by atoms with Gasteiger partial charge in [0.05, 0.1) is 17.2 Å².